The summed E-state index contributed by atoms with van der Waals surface area (Å²) in [5, 5.41) is 6.87. The van der Waals surface area contributed by atoms with Gasteiger partial charge in [-0.2, -0.15) is 0 Å². The van der Waals surface area contributed by atoms with Crippen molar-refractivity contribution in [1.82, 2.24) is 25.3 Å². The molecule has 1 aromatic carbocycles. The lowest BCUT2D eigenvalue weighted by molar-refractivity contribution is 0.0959. The second-order valence-corrected chi connectivity index (χ2v) is 6.32. The number of fused-ring (bicyclic) bond motifs is 1. The van der Waals surface area contributed by atoms with Crippen LogP contribution in [0.5, 0.6) is 0 Å². The van der Waals surface area contributed by atoms with Gasteiger partial charge < -0.3 is 15.6 Å². The Bertz CT molecular complexity index is 1140. The summed E-state index contributed by atoms with van der Waals surface area (Å²) in [6.07, 6.45) is 4.27. The molecule has 0 fully saturated rings. The zero-order chi connectivity index (χ0) is 19.5. The van der Waals surface area contributed by atoms with E-state index >= 15 is 0 Å². The third kappa shape index (κ3) is 3.42. The SMILES string of the molecule is CCc1cc(Nc2nccc(-c3ccccn3)n2)cc2cc(C(=O)NC)[nH]c12. The largest absolute Gasteiger partial charge is 0.354 e. The van der Waals surface area contributed by atoms with Crippen LogP contribution in [-0.2, 0) is 6.42 Å². The van der Waals surface area contributed by atoms with Crippen LogP contribution in [0.3, 0.4) is 0 Å². The van der Waals surface area contributed by atoms with Crippen molar-refractivity contribution < 1.29 is 4.79 Å². The number of carbonyl (C=O) groups excluding carboxylic acids is 1. The van der Waals surface area contributed by atoms with Gasteiger partial charge in [0, 0.05) is 36.0 Å². The molecule has 0 unspecified atom stereocenters. The first-order valence-electron chi connectivity index (χ1n) is 9.07. The Morgan fingerprint density at radius 2 is 1.96 bits per heavy atom. The molecule has 28 heavy (non-hydrogen) atoms. The average Bonchev–Trinajstić information content (AvgIpc) is 3.17. The van der Waals surface area contributed by atoms with Crippen LogP contribution in [0.15, 0.2) is 54.9 Å². The summed E-state index contributed by atoms with van der Waals surface area (Å²) in [5.74, 6) is 0.353. The van der Waals surface area contributed by atoms with Gasteiger partial charge in [0.15, 0.2) is 0 Å². The number of nitrogens with zero attached hydrogens (tertiary/aromatic N) is 3. The number of carbonyl (C=O) groups is 1. The molecule has 4 aromatic rings. The number of hydrogen-bond acceptors (Lipinski definition) is 5. The number of nitrogens with one attached hydrogen (secondary N) is 3. The maximum absolute atomic E-state index is 11.9. The molecule has 0 aliphatic heterocycles. The number of H-pyrrole nitrogens is 1. The van der Waals surface area contributed by atoms with Gasteiger partial charge in [0.05, 0.1) is 11.4 Å². The number of pyridine rings is 1. The van der Waals surface area contributed by atoms with Crippen LogP contribution in [0.25, 0.3) is 22.3 Å². The molecule has 7 nitrogen and oxygen atoms in total. The summed E-state index contributed by atoms with van der Waals surface area (Å²) in [7, 11) is 1.62. The van der Waals surface area contributed by atoms with Crippen molar-refractivity contribution in [3.8, 4) is 11.4 Å². The van der Waals surface area contributed by atoms with Crippen molar-refractivity contribution in [3.63, 3.8) is 0 Å². The molecule has 0 saturated carbocycles. The molecule has 0 atom stereocenters. The summed E-state index contributed by atoms with van der Waals surface area (Å²) in [6, 6.07) is 13.4. The number of benzene rings is 1. The molecule has 0 aliphatic rings. The predicted octanol–water partition coefficient (Wildman–Crippen LogP) is 3.69. The van der Waals surface area contributed by atoms with Crippen molar-refractivity contribution in [2.45, 2.75) is 13.3 Å². The second kappa shape index (κ2) is 7.48. The molecule has 7 heteroatoms. The van der Waals surface area contributed by atoms with Crippen molar-refractivity contribution in [3.05, 3.63) is 66.1 Å². The van der Waals surface area contributed by atoms with Crippen molar-refractivity contribution in [2.24, 2.45) is 0 Å². The van der Waals surface area contributed by atoms with Crippen molar-refractivity contribution in [1.29, 1.82) is 0 Å². The number of anilines is 2. The number of hydrogen-bond donors (Lipinski definition) is 3. The average molecular weight is 372 g/mol. The third-order valence-corrected chi connectivity index (χ3v) is 4.50. The first kappa shape index (κ1) is 17.7. The molecule has 0 aliphatic carbocycles. The lowest BCUT2D eigenvalue weighted by Crippen LogP contribution is -2.17. The number of aryl methyl sites for hydroxylation is 1. The Labute approximate surface area is 162 Å². The minimum Gasteiger partial charge on any atom is -0.354 e. The lowest BCUT2D eigenvalue weighted by Gasteiger charge is -2.09. The standard InChI is InChI=1S/C21H20N6O/c1-3-13-10-15(11-14-12-18(20(28)22-2)26-19(13)14)25-21-24-9-7-17(27-21)16-6-4-5-8-23-16/h4-12,26H,3H2,1-2H3,(H,22,28)(H,24,25,27). The monoisotopic (exact) mass is 372 g/mol. The van der Waals surface area contributed by atoms with E-state index in [1.54, 1.807) is 19.4 Å². The summed E-state index contributed by atoms with van der Waals surface area (Å²) in [4.78, 5) is 28.4. The van der Waals surface area contributed by atoms with E-state index in [4.69, 9.17) is 0 Å². The second-order valence-electron chi connectivity index (χ2n) is 6.32. The van der Waals surface area contributed by atoms with Crippen LogP contribution >= 0.6 is 0 Å². The van der Waals surface area contributed by atoms with E-state index in [1.165, 1.54) is 0 Å². The highest BCUT2D eigenvalue weighted by Crippen LogP contribution is 2.27. The number of amides is 1. The maximum Gasteiger partial charge on any atom is 0.267 e. The first-order chi connectivity index (χ1) is 13.7. The zero-order valence-corrected chi connectivity index (χ0v) is 15.7. The number of rotatable bonds is 5. The van der Waals surface area contributed by atoms with Gasteiger partial charge in [-0.3, -0.25) is 9.78 Å². The van der Waals surface area contributed by atoms with Gasteiger partial charge in [0.2, 0.25) is 5.95 Å². The Morgan fingerprint density at radius 1 is 1.07 bits per heavy atom. The summed E-state index contributed by atoms with van der Waals surface area (Å²) < 4.78 is 0. The molecule has 0 radical (unpaired) electrons. The Morgan fingerprint density at radius 3 is 2.71 bits per heavy atom. The van der Waals surface area contributed by atoms with Gasteiger partial charge >= 0.3 is 0 Å². The van der Waals surface area contributed by atoms with E-state index < -0.39 is 0 Å². The summed E-state index contributed by atoms with van der Waals surface area (Å²) in [6.45, 7) is 2.08. The molecule has 1 amide bonds. The summed E-state index contributed by atoms with van der Waals surface area (Å²) >= 11 is 0. The van der Waals surface area contributed by atoms with Crippen LogP contribution in [-0.4, -0.2) is 32.9 Å². The normalized spacial score (nSPS) is 10.8. The van der Waals surface area contributed by atoms with Gasteiger partial charge in [0.25, 0.3) is 5.91 Å². The van der Waals surface area contributed by atoms with E-state index in [0.717, 1.165) is 40.0 Å². The molecular weight excluding hydrogens is 352 g/mol. The number of aromatic amines is 1. The molecule has 4 rings (SSSR count). The molecule has 0 saturated heterocycles. The minimum absolute atomic E-state index is 0.140. The van der Waals surface area contributed by atoms with Gasteiger partial charge in [-0.05, 0) is 48.4 Å². The Kier molecular flexibility index (Phi) is 4.72. The van der Waals surface area contributed by atoms with E-state index in [9.17, 15) is 4.79 Å². The van der Waals surface area contributed by atoms with Gasteiger partial charge in [0.1, 0.15) is 5.69 Å². The summed E-state index contributed by atoms with van der Waals surface area (Å²) in [5.41, 5.74) is 5.02. The fourth-order valence-electron chi connectivity index (χ4n) is 3.13. The number of aromatic nitrogens is 4. The molecule has 0 spiro atoms. The van der Waals surface area contributed by atoms with Crippen LogP contribution < -0.4 is 10.6 Å². The molecular formula is C21H20N6O. The van der Waals surface area contributed by atoms with E-state index in [0.29, 0.717) is 11.6 Å². The van der Waals surface area contributed by atoms with Gasteiger partial charge in [-0.1, -0.05) is 13.0 Å². The Balaban J connectivity index is 1.69. The fourth-order valence-corrected chi connectivity index (χ4v) is 3.13. The fraction of sp³-hybridized carbons (Fsp3) is 0.143. The third-order valence-electron chi connectivity index (χ3n) is 4.50. The molecule has 0 bridgehead atoms. The van der Waals surface area contributed by atoms with Crippen LogP contribution in [0.4, 0.5) is 11.6 Å². The maximum atomic E-state index is 11.9. The van der Waals surface area contributed by atoms with E-state index in [2.05, 4.69) is 37.5 Å². The highest BCUT2D eigenvalue weighted by Gasteiger charge is 2.12. The van der Waals surface area contributed by atoms with E-state index in [1.807, 2.05) is 42.5 Å². The van der Waals surface area contributed by atoms with Gasteiger partial charge in [-0.15, -0.1) is 0 Å². The smallest absolute Gasteiger partial charge is 0.267 e. The zero-order valence-electron chi connectivity index (χ0n) is 15.7. The minimum atomic E-state index is -0.140. The topological polar surface area (TPSA) is 95.6 Å². The van der Waals surface area contributed by atoms with E-state index in [-0.39, 0.29) is 5.91 Å². The molecule has 140 valence electrons. The van der Waals surface area contributed by atoms with Crippen molar-refractivity contribution >= 4 is 28.4 Å². The molecule has 3 heterocycles. The quantitative estimate of drug-likeness (QED) is 0.497. The van der Waals surface area contributed by atoms with Gasteiger partial charge in [-0.25, -0.2) is 9.97 Å². The molecule has 3 aromatic heterocycles. The Hall–Kier alpha value is -3.74. The first-order valence-corrected chi connectivity index (χ1v) is 9.07. The highest BCUT2D eigenvalue weighted by atomic mass is 16.1. The van der Waals surface area contributed by atoms with Crippen LogP contribution in [0, 0.1) is 0 Å². The van der Waals surface area contributed by atoms with Crippen LogP contribution in [0.1, 0.15) is 23.0 Å². The predicted molar refractivity (Wildman–Crippen MR) is 110 cm³/mol. The molecule has 3 N–H and O–H groups in total. The lowest BCUT2D eigenvalue weighted by atomic mass is 10.1. The van der Waals surface area contributed by atoms with Crippen molar-refractivity contribution in [2.75, 3.05) is 12.4 Å². The highest BCUT2D eigenvalue weighted by molar-refractivity contribution is 5.99. The van der Waals surface area contributed by atoms with Crippen LogP contribution in [0.2, 0.25) is 0 Å².